The third-order valence-corrected chi connectivity index (χ3v) is 3.92. The summed E-state index contributed by atoms with van der Waals surface area (Å²) in [4.78, 5) is 20.2. The molecule has 0 spiro atoms. The van der Waals surface area contributed by atoms with Crippen LogP contribution >= 0.6 is 0 Å². The molecule has 1 amide bonds. The predicted octanol–water partition coefficient (Wildman–Crippen LogP) is 4.11. The van der Waals surface area contributed by atoms with Crippen molar-refractivity contribution < 1.29 is 9.53 Å². The number of rotatable bonds is 7. The fourth-order valence-electron chi connectivity index (χ4n) is 2.66. The lowest BCUT2D eigenvalue weighted by Gasteiger charge is -2.11. The molecule has 7 heteroatoms. The standard InChI is InChI=1S/C21H23N5O2/c1-14-11-20(25-18-6-4-5-17(12-18)24-15(2)27)26-21(23-14)22-13-16-7-9-19(28-3)10-8-16/h4-12H,13H2,1-3H3,(H,24,27)(H2,22,23,25,26). The van der Waals surface area contributed by atoms with Gasteiger partial charge in [-0.15, -0.1) is 0 Å². The third-order valence-electron chi connectivity index (χ3n) is 3.92. The Morgan fingerprint density at radius 1 is 1.04 bits per heavy atom. The Hall–Kier alpha value is -3.61. The highest BCUT2D eigenvalue weighted by atomic mass is 16.5. The van der Waals surface area contributed by atoms with Crippen LogP contribution in [0.4, 0.5) is 23.1 Å². The summed E-state index contributed by atoms with van der Waals surface area (Å²) in [6, 6.07) is 17.2. The summed E-state index contributed by atoms with van der Waals surface area (Å²) >= 11 is 0. The number of amides is 1. The largest absolute Gasteiger partial charge is 0.497 e. The number of ether oxygens (including phenoxy) is 1. The number of methoxy groups -OCH3 is 1. The minimum atomic E-state index is -0.111. The Labute approximate surface area is 164 Å². The van der Waals surface area contributed by atoms with Crippen LogP contribution in [0.2, 0.25) is 0 Å². The first-order valence-electron chi connectivity index (χ1n) is 8.89. The van der Waals surface area contributed by atoms with Gasteiger partial charge in [0.25, 0.3) is 0 Å². The van der Waals surface area contributed by atoms with Gasteiger partial charge >= 0.3 is 0 Å². The zero-order valence-electron chi connectivity index (χ0n) is 16.1. The van der Waals surface area contributed by atoms with Gasteiger partial charge in [0.15, 0.2) is 0 Å². The molecule has 144 valence electrons. The van der Waals surface area contributed by atoms with Gasteiger partial charge in [-0.1, -0.05) is 18.2 Å². The lowest BCUT2D eigenvalue weighted by molar-refractivity contribution is -0.114. The molecular formula is C21H23N5O2. The Bertz CT molecular complexity index is 957. The third kappa shape index (κ3) is 5.44. The first-order valence-corrected chi connectivity index (χ1v) is 8.89. The van der Waals surface area contributed by atoms with Crippen molar-refractivity contribution >= 4 is 29.0 Å². The van der Waals surface area contributed by atoms with E-state index in [4.69, 9.17) is 4.74 Å². The number of aryl methyl sites for hydroxylation is 1. The van der Waals surface area contributed by atoms with Gasteiger partial charge in [-0.2, -0.15) is 4.98 Å². The van der Waals surface area contributed by atoms with Gasteiger partial charge in [0, 0.05) is 36.6 Å². The maximum Gasteiger partial charge on any atom is 0.225 e. The van der Waals surface area contributed by atoms with Crippen LogP contribution < -0.4 is 20.7 Å². The molecule has 1 heterocycles. The average Bonchev–Trinajstić information content (AvgIpc) is 2.66. The first kappa shape index (κ1) is 19.2. The summed E-state index contributed by atoms with van der Waals surface area (Å²) in [5.74, 6) is 1.92. The first-order chi connectivity index (χ1) is 13.5. The van der Waals surface area contributed by atoms with E-state index in [-0.39, 0.29) is 5.91 Å². The van der Waals surface area contributed by atoms with E-state index in [2.05, 4.69) is 25.9 Å². The van der Waals surface area contributed by atoms with Crippen LogP contribution in [0.3, 0.4) is 0 Å². The van der Waals surface area contributed by atoms with Crippen LogP contribution in [0.1, 0.15) is 18.2 Å². The topological polar surface area (TPSA) is 88.2 Å². The highest BCUT2D eigenvalue weighted by molar-refractivity contribution is 5.89. The number of nitrogens with one attached hydrogen (secondary N) is 3. The van der Waals surface area contributed by atoms with Crippen molar-refractivity contribution in [1.82, 2.24) is 9.97 Å². The van der Waals surface area contributed by atoms with Gasteiger partial charge in [-0.05, 0) is 42.8 Å². The van der Waals surface area contributed by atoms with Gasteiger partial charge in [0.2, 0.25) is 11.9 Å². The van der Waals surface area contributed by atoms with Gasteiger partial charge in [-0.25, -0.2) is 4.98 Å². The highest BCUT2D eigenvalue weighted by Gasteiger charge is 2.05. The van der Waals surface area contributed by atoms with Gasteiger partial charge in [0.1, 0.15) is 11.6 Å². The molecule has 0 unspecified atom stereocenters. The van der Waals surface area contributed by atoms with Crippen molar-refractivity contribution in [1.29, 1.82) is 0 Å². The number of anilines is 4. The second kappa shape index (κ2) is 8.85. The minimum Gasteiger partial charge on any atom is -0.497 e. The molecule has 0 aliphatic rings. The number of carbonyl (C=O) groups excluding carboxylic acids is 1. The van der Waals surface area contributed by atoms with E-state index < -0.39 is 0 Å². The zero-order valence-corrected chi connectivity index (χ0v) is 16.1. The summed E-state index contributed by atoms with van der Waals surface area (Å²) in [6.07, 6.45) is 0. The summed E-state index contributed by atoms with van der Waals surface area (Å²) in [5.41, 5.74) is 3.49. The summed E-state index contributed by atoms with van der Waals surface area (Å²) < 4.78 is 5.17. The Balaban J connectivity index is 1.69. The van der Waals surface area contributed by atoms with Crippen LogP contribution in [0.25, 0.3) is 0 Å². The Kier molecular flexibility index (Phi) is 6.06. The Morgan fingerprint density at radius 3 is 2.50 bits per heavy atom. The fourth-order valence-corrected chi connectivity index (χ4v) is 2.66. The van der Waals surface area contributed by atoms with Gasteiger partial charge < -0.3 is 20.7 Å². The molecule has 3 rings (SSSR count). The number of hydrogen-bond donors (Lipinski definition) is 3. The zero-order chi connectivity index (χ0) is 19.9. The van der Waals surface area contributed by atoms with Crippen LogP contribution in [0.5, 0.6) is 5.75 Å². The SMILES string of the molecule is COc1ccc(CNc2nc(C)cc(Nc3cccc(NC(C)=O)c3)n2)cc1. The fraction of sp³-hybridized carbons (Fsp3) is 0.190. The van der Waals surface area contributed by atoms with E-state index in [1.54, 1.807) is 7.11 Å². The van der Waals surface area contributed by atoms with Crippen LogP contribution in [-0.4, -0.2) is 23.0 Å². The molecule has 0 aliphatic carbocycles. The summed E-state index contributed by atoms with van der Waals surface area (Å²) in [5, 5.41) is 9.26. The lowest BCUT2D eigenvalue weighted by atomic mass is 10.2. The number of nitrogens with zero attached hydrogens (tertiary/aromatic N) is 2. The maximum absolute atomic E-state index is 11.2. The second-order valence-electron chi connectivity index (χ2n) is 6.31. The van der Waals surface area contributed by atoms with E-state index in [1.807, 2.05) is 61.5 Å². The number of hydrogen-bond acceptors (Lipinski definition) is 6. The molecule has 0 saturated heterocycles. The Morgan fingerprint density at radius 2 is 1.79 bits per heavy atom. The van der Waals surface area contributed by atoms with Gasteiger partial charge in [0.05, 0.1) is 7.11 Å². The molecule has 0 bridgehead atoms. The van der Waals surface area contributed by atoms with E-state index in [1.165, 1.54) is 6.92 Å². The number of aromatic nitrogens is 2. The highest BCUT2D eigenvalue weighted by Crippen LogP contribution is 2.20. The van der Waals surface area contributed by atoms with Crippen molar-refractivity contribution in [3.8, 4) is 5.75 Å². The number of benzene rings is 2. The normalized spacial score (nSPS) is 10.2. The van der Waals surface area contributed by atoms with Crippen LogP contribution in [0, 0.1) is 6.92 Å². The molecule has 0 atom stereocenters. The maximum atomic E-state index is 11.2. The predicted molar refractivity (Wildman–Crippen MR) is 111 cm³/mol. The van der Waals surface area contributed by atoms with Crippen molar-refractivity contribution in [3.63, 3.8) is 0 Å². The van der Waals surface area contributed by atoms with E-state index >= 15 is 0 Å². The molecular weight excluding hydrogens is 354 g/mol. The molecule has 7 nitrogen and oxygen atoms in total. The molecule has 0 saturated carbocycles. The monoisotopic (exact) mass is 377 g/mol. The molecule has 3 N–H and O–H groups in total. The molecule has 0 radical (unpaired) electrons. The van der Waals surface area contributed by atoms with Gasteiger partial charge in [-0.3, -0.25) is 4.79 Å². The van der Waals surface area contributed by atoms with Crippen molar-refractivity contribution in [2.45, 2.75) is 20.4 Å². The molecule has 28 heavy (non-hydrogen) atoms. The molecule has 2 aromatic carbocycles. The summed E-state index contributed by atoms with van der Waals surface area (Å²) in [6.45, 7) is 4.00. The van der Waals surface area contributed by atoms with Crippen molar-refractivity contribution in [2.24, 2.45) is 0 Å². The smallest absolute Gasteiger partial charge is 0.225 e. The van der Waals surface area contributed by atoms with E-state index in [0.717, 1.165) is 28.4 Å². The molecule has 1 aromatic heterocycles. The van der Waals surface area contributed by atoms with E-state index in [0.29, 0.717) is 18.3 Å². The summed E-state index contributed by atoms with van der Waals surface area (Å²) in [7, 11) is 1.65. The number of carbonyl (C=O) groups is 1. The molecule has 0 aliphatic heterocycles. The van der Waals surface area contributed by atoms with Crippen molar-refractivity contribution in [2.75, 3.05) is 23.1 Å². The quantitative estimate of drug-likeness (QED) is 0.574. The molecule has 0 fully saturated rings. The van der Waals surface area contributed by atoms with Crippen LogP contribution in [-0.2, 0) is 11.3 Å². The van der Waals surface area contributed by atoms with Crippen LogP contribution in [0.15, 0.2) is 54.6 Å². The van der Waals surface area contributed by atoms with E-state index in [9.17, 15) is 4.79 Å². The minimum absolute atomic E-state index is 0.111. The van der Waals surface area contributed by atoms with Crippen molar-refractivity contribution in [3.05, 3.63) is 65.9 Å². The molecule has 3 aromatic rings. The lowest BCUT2D eigenvalue weighted by Crippen LogP contribution is -2.07. The second-order valence-corrected chi connectivity index (χ2v) is 6.31. The average molecular weight is 377 g/mol.